The Kier molecular flexibility index (Phi) is 16.2. The molecule has 0 radical (unpaired) electrons. The monoisotopic (exact) mass is 648 g/mol. The first-order valence-corrected chi connectivity index (χ1v) is 17.5. The molecule has 0 aliphatic heterocycles. The molecule has 0 saturated carbocycles. The SMILES string of the molecule is CN(C)CCNCCCCOc1ccc(/C(=C(\c2ccccc2)c2ccc(OCCCCNCCN(C)C)cc2)c2ccccc2)cc1. The number of benzene rings is 4. The molecule has 0 saturated heterocycles. The predicted molar refractivity (Wildman–Crippen MR) is 203 cm³/mol. The smallest absolute Gasteiger partial charge is 0.119 e. The lowest BCUT2D eigenvalue weighted by Gasteiger charge is -2.19. The van der Waals surface area contributed by atoms with E-state index in [9.17, 15) is 0 Å². The Morgan fingerprint density at radius 3 is 1.15 bits per heavy atom. The van der Waals surface area contributed by atoms with Crippen LogP contribution in [0.15, 0.2) is 109 Å². The zero-order chi connectivity index (χ0) is 33.8. The highest BCUT2D eigenvalue weighted by molar-refractivity contribution is 6.04. The van der Waals surface area contributed by atoms with Gasteiger partial charge in [0.05, 0.1) is 13.2 Å². The molecule has 0 spiro atoms. The van der Waals surface area contributed by atoms with E-state index < -0.39 is 0 Å². The summed E-state index contributed by atoms with van der Waals surface area (Å²) in [5.41, 5.74) is 7.02. The number of hydrogen-bond donors (Lipinski definition) is 2. The zero-order valence-electron chi connectivity index (χ0n) is 29.6. The normalized spacial score (nSPS) is 12.0. The maximum absolute atomic E-state index is 6.14. The van der Waals surface area contributed by atoms with Gasteiger partial charge in [-0.15, -0.1) is 0 Å². The van der Waals surface area contributed by atoms with Crippen LogP contribution < -0.4 is 20.1 Å². The van der Waals surface area contributed by atoms with Crippen molar-refractivity contribution in [1.82, 2.24) is 20.4 Å². The Morgan fingerprint density at radius 2 is 0.792 bits per heavy atom. The molecule has 0 aliphatic rings. The molecule has 0 aliphatic carbocycles. The minimum absolute atomic E-state index is 0.716. The number of nitrogens with zero attached hydrogens (tertiary/aromatic N) is 2. The second-order valence-electron chi connectivity index (χ2n) is 12.7. The topological polar surface area (TPSA) is 49.0 Å². The first-order valence-electron chi connectivity index (χ1n) is 17.5. The van der Waals surface area contributed by atoms with Crippen LogP contribution in [0.25, 0.3) is 11.1 Å². The van der Waals surface area contributed by atoms with Gasteiger partial charge in [-0.05, 0) is 125 Å². The first kappa shape index (κ1) is 36.9. The third-order valence-corrected chi connectivity index (χ3v) is 8.17. The van der Waals surface area contributed by atoms with E-state index in [-0.39, 0.29) is 0 Å². The summed E-state index contributed by atoms with van der Waals surface area (Å²) < 4.78 is 12.3. The van der Waals surface area contributed by atoms with Crippen molar-refractivity contribution in [3.05, 3.63) is 131 Å². The third kappa shape index (κ3) is 12.9. The molecule has 6 nitrogen and oxygen atoms in total. The van der Waals surface area contributed by atoms with Gasteiger partial charge in [-0.25, -0.2) is 0 Å². The van der Waals surface area contributed by atoms with Gasteiger partial charge in [-0.1, -0.05) is 84.9 Å². The molecule has 0 unspecified atom stereocenters. The first-order chi connectivity index (χ1) is 23.5. The minimum atomic E-state index is 0.716. The molecule has 0 fully saturated rings. The molecule has 4 aromatic carbocycles. The van der Waals surface area contributed by atoms with Gasteiger partial charge in [0.1, 0.15) is 11.5 Å². The van der Waals surface area contributed by atoms with Crippen molar-refractivity contribution in [2.75, 3.05) is 80.7 Å². The standard InChI is InChI=1S/C42H56N4O2/c1-45(2)31-29-43-27-11-13-33-47-39-23-19-37(20-24-39)41(35-15-7-5-8-16-35)42(36-17-9-6-10-18-36)38-21-25-40(26-22-38)48-34-14-12-28-44-30-32-46(3)4/h5-10,15-26,43-44H,11-14,27-34H2,1-4H3/b42-41+. The van der Waals surface area contributed by atoms with Gasteiger partial charge >= 0.3 is 0 Å². The molecule has 0 aromatic heterocycles. The minimum Gasteiger partial charge on any atom is -0.494 e. The Bertz CT molecular complexity index is 1340. The number of likely N-dealkylation sites (N-methyl/N-ethyl adjacent to an activating group) is 2. The summed E-state index contributed by atoms with van der Waals surface area (Å²) >= 11 is 0. The van der Waals surface area contributed by atoms with E-state index in [1.54, 1.807) is 0 Å². The highest BCUT2D eigenvalue weighted by Gasteiger charge is 2.16. The fraction of sp³-hybridized carbons (Fsp3) is 0.381. The van der Waals surface area contributed by atoms with Crippen molar-refractivity contribution in [3.63, 3.8) is 0 Å². The van der Waals surface area contributed by atoms with Crippen LogP contribution in [-0.2, 0) is 0 Å². The molecule has 0 amide bonds. The molecule has 0 atom stereocenters. The van der Waals surface area contributed by atoms with E-state index >= 15 is 0 Å². The lowest BCUT2D eigenvalue weighted by Crippen LogP contribution is -2.27. The summed E-state index contributed by atoms with van der Waals surface area (Å²) in [6.45, 7) is 7.63. The predicted octanol–water partition coefficient (Wildman–Crippen LogP) is 7.31. The van der Waals surface area contributed by atoms with Gasteiger partial charge in [0.25, 0.3) is 0 Å². The van der Waals surface area contributed by atoms with Crippen LogP contribution in [0, 0.1) is 0 Å². The third-order valence-electron chi connectivity index (χ3n) is 8.17. The van der Waals surface area contributed by atoms with Crippen LogP contribution in [0.1, 0.15) is 47.9 Å². The van der Waals surface area contributed by atoms with Gasteiger partial charge in [0, 0.05) is 26.2 Å². The molecule has 4 rings (SSSR count). The van der Waals surface area contributed by atoms with Crippen molar-refractivity contribution >= 4 is 11.1 Å². The number of hydrogen-bond acceptors (Lipinski definition) is 6. The van der Waals surface area contributed by atoms with Crippen LogP contribution in [0.2, 0.25) is 0 Å². The number of rotatable bonds is 22. The van der Waals surface area contributed by atoms with E-state index in [0.717, 1.165) is 87.6 Å². The van der Waals surface area contributed by atoms with Gasteiger partial charge in [0.15, 0.2) is 0 Å². The molecular weight excluding hydrogens is 592 g/mol. The van der Waals surface area contributed by atoms with Crippen LogP contribution in [0.4, 0.5) is 0 Å². The zero-order valence-corrected chi connectivity index (χ0v) is 29.6. The Labute approximate surface area is 289 Å². The average Bonchev–Trinajstić information content (AvgIpc) is 3.11. The summed E-state index contributed by atoms with van der Waals surface area (Å²) in [5, 5.41) is 7.00. The van der Waals surface area contributed by atoms with Crippen molar-refractivity contribution in [2.24, 2.45) is 0 Å². The highest BCUT2D eigenvalue weighted by atomic mass is 16.5. The van der Waals surface area contributed by atoms with Crippen LogP contribution >= 0.6 is 0 Å². The van der Waals surface area contributed by atoms with Gasteiger partial charge in [-0.3, -0.25) is 0 Å². The summed E-state index contributed by atoms with van der Waals surface area (Å²) in [6, 6.07) is 38.5. The van der Waals surface area contributed by atoms with E-state index in [2.05, 4.69) is 158 Å². The second-order valence-corrected chi connectivity index (χ2v) is 12.7. The molecule has 2 N–H and O–H groups in total. The molecule has 256 valence electrons. The lowest BCUT2D eigenvalue weighted by atomic mass is 9.86. The summed E-state index contributed by atoms with van der Waals surface area (Å²) in [4.78, 5) is 4.39. The Balaban J connectivity index is 1.47. The lowest BCUT2D eigenvalue weighted by molar-refractivity contribution is 0.305. The summed E-state index contributed by atoms with van der Waals surface area (Å²) in [6.07, 6.45) is 4.26. The van der Waals surface area contributed by atoms with Crippen molar-refractivity contribution in [2.45, 2.75) is 25.7 Å². The maximum Gasteiger partial charge on any atom is 0.119 e. The highest BCUT2D eigenvalue weighted by Crippen LogP contribution is 2.37. The van der Waals surface area contributed by atoms with Gasteiger partial charge < -0.3 is 29.9 Å². The van der Waals surface area contributed by atoms with Crippen molar-refractivity contribution in [3.8, 4) is 11.5 Å². The van der Waals surface area contributed by atoms with E-state index in [0.29, 0.717) is 13.2 Å². The Hall–Kier alpha value is -3.94. The Morgan fingerprint density at radius 1 is 0.438 bits per heavy atom. The van der Waals surface area contributed by atoms with Crippen molar-refractivity contribution in [1.29, 1.82) is 0 Å². The van der Waals surface area contributed by atoms with Crippen molar-refractivity contribution < 1.29 is 9.47 Å². The van der Waals surface area contributed by atoms with Crippen LogP contribution in [0.3, 0.4) is 0 Å². The van der Waals surface area contributed by atoms with Gasteiger partial charge in [-0.2, -0.15) is 0 Å². The van der Waals surface area contributed by atoms with E-state index in [4.69, 9.17) is 9.47 Å². The largest absolute Gasteiger partial charge is 0.494 e. The summed E-state index contributed by atoms with van der Waals surface area (Å²) in [7, 11) is 8.41. The van der Waals surface area contributed by atoms with E-state index in [1.165, 1.54) is 22.3 Å². The van der Waals surface area contributed by atoms with Crippen LogP contribution in [0.5, 0.6) is 11.5 Å². The molecule has 0 heterocycles. The fourth-order valence-corrected chi connectivity index (χ4v) is 5.50. The quantitative estimate of drug-likeness (QED) is 0.0689. The van der Waals surface area contributed by atoms with Gasteiger partial charge in [0.2, 0.25) is 0 Å². The molecule has 48 heavy (non-hydrogen) atoms. The molecule has 6 heteroatoms. The second kappa shape index (κ2) is 21.1. The average molecular weight is 649 g/mol. The molecular formula is C42H56N4O2. The molecule has 0 bridgehead atoms. The van der Waals surface area contributed by atoms with E-state index in [1.807, 2.05) is 0 Å². The fourth-order valence-electron chi connectivity index (χ4n) is 5.50. The van der Waals surface area contributed by atoms with Crippen LogP contribution in [-0.4, -0.2) is 90.5 Å². The maximum atomic E-state index is 6.14. The molecule has 4 aromatic rings. The number of nitrogens with one attached hydrogen (secondary N) is 2. The number of ether oxygens (including phenoxy) is 2. The number of unbranched alkanes of at least 4 members (excludes halogenated alkanes) is 2. The summed E-state index contributed by atoms with van der Waals surface area (Å²) in [5.74, 6) is 1.80.